The molecule has 0 aromatic heterocycles. The summed E-state index contributed by atoms with van der Waals surface area (Å²) in [4.78, 5) is 0. The van der Waals surface area contributed by atoms with Crippen molar-refractivity contribution in [3.8, 4) is 0 Å². The molecule has 0 amide bonds. The third-order valence-corrected chi connectivity index (χ3v) is 4.92. The average molecular weight is 211 g/mol. The predicted octanol–water partition coefficient (Wildman–Crippen LogP) is 2.32. The van der Waals surface area contributed by atoms with Gasteiger partial charge in [-0.2, -0.15) is 0 Å². The fourth-order valence-electron chi connectivity index (χ4n) is 2.68. The van der Waals surface area contributed by atoms with Crippen LogP contribution in [0.2, 0.25) is 0 Å². The van der Waals surface area contributed by atoms with E-state index < -0.39 is 0 Å². The first-order valence-electron chi connectivity index (χ1n) is 6.45. The highest BCUT2D eigenvalue weighted by Gasteiger charge is 2.44. The van der Waals surface area contributed by atoms with Crippen LogP contribution in [-0.4, -0.2) is 24.3 Å². The molecule has 2 rings (SSSR count). The van der Waals surface area contributed by atoms with Crippen molar-refractivity contribution in [2.75, 3.05) is 13.2 Å². The maximum Gasteiger partial charge on any atom is 0.0436 e. The lowest BCUT2D eigenvalue weighted by atomic mass is 9.66. The Labute approximate surface area is 93.5 Å². The second-order valence-corrected chi connectivity index (χ2v) is 6.08. The van der Waals surface area contributed by atoms with Crippen molar-refractivity contribution >= 4 is 0 Å². The van der Waals surface area contributed by atoms with Gasteiger partial charge in [-0.15, -0.1) is 0 Å². The Morgan fingerprint density at radius 1 is 1.27 bits per heavy atom. The molecule has 2 N–H and O–H groups in total. The molecule has 0 saturated heterocycles. The second kappa shape index (κ2) is 4.06. The van der Waals surface area contributed by atoms with Crippen LogP contribution >= 0.6 is 0 Å². The van der Waals surface area contributed by atoms with Crippen LogP contribution in [0.5, 0.6) is 0 Å². The first kappa shape index (κ1) is 11.4. The highest BCUT2D eigenvalue weighted by atomic mass is 16.3. The molecule has 15 heavy (non-hydrogen) atoms. The monoisotopic (exact) mass is 211 g/mol. The van der Waals surface area contributed by atoms with Gasteiger partial charge in [0.1, 0.15) is 0 Å². The van der Waals surface area contributed by atoms with E-state index in [1.54, 1.807) is 0 Å². The van der Waals surface area contributed by atoms with Gasteiger partial charge in [-0.05, 0) is 49.9 Å². The van der Waals surface area contributed by atoms with Crippen LogP contribution in [-0.2, 0) is 0 Å². The second-order valence-electron chi connectivity index (χ2n) is 6.08. The zero-order chi connectivity index (χ0) is 10.9. The summed E-state index contributed by atoms with van der Waals surface area (Å²) < 4.78 is 0. The Kier molecular flexibility index (Phi) is 3.09. The fraction of sp³-hybridized carbons (Fsp3) is 1.00. The quantitative estimate of drug-likeness (QED) is 0.706. The van der Waals surface area contributed by atoms with E-state index in [-0.39, 0.29) is 0 Å². The normalized spacial score (nSPS) is 28.2. The molecule has 1 atom stereocenters. The number of aliphatic hydroxyl groups excluding tert-OH is 1. The van der Waals surface area contributed by atoms with Crippen LogP contribution in [0.15, 0.2) is 0 Å². The summed E-state index contributed by atoms with van der Waals surface area (Å²) in [6.07, 6.45) is 7.73. The molecule has 88 valence electrons. The first-order chi connectivity index (χ1) is 7.10. The molecule has 1 unspecified atom stereocenters. The predicted molar refractivity (Wildman–Crippen MR) is 62.8 cm³/mol. The molecule has 0 radical (unpaired) electrons. The van der Waals surface area contributed by atoms with Crippen LogP contribution in [0.25, 0.3) is 0 Å². The third-order valence-electron chi connectivity index (χ3n) is 4.92. The van der Waals surface area contributed by atoms with Gasteiger partial charge >= 0.3 is 0 Å². The van der Waals surface area contributed by atoms with E-state index in [9.17, 15) is 0 Å². The summed E-state index contributed by atoms with van der Waals surface area (Å²) in [5, 5.41) is 12.8. The summed E-state index contributed by atoms with van der Waals surface area (Å²) in [5.41, 5.74) is 1.01. The molecule has 2 fully saturated rings. The minimum atomic E-state index is 0.354. The molecule has 2 saturated carbocycles. The van der Waals surface area contributed by atoms with E-state index in [1.165, 1.54) is 32.1 Å². The Balaban J connectivity index is 1.76. The molecule has 2 aliphatic carbocycles. The highest BCUT2D eigenvalue weighted by molar-refractivity contribution is 4.98. The molecule has 0 spiro atoms. The molecule has 2 heteroatoms. The summed E-state index contributed by atoms with van der Waals surface area (Å²) in [5.74, 6) is 0. The SMILES string of the molecule is CC(NCC1(CCO)CCC1)C1(C)CC1. The zero-order valence-electron chi connectivity index (χ0n) is 10.2. The van der Waals surface area contributed by atoms with Gasteiger partial charge in [0, 0.05) is 19.2 Å². The van der Waals surface area contributed by atoms with Crippen molar-refractivity contribution in [3.63, 3.8) is 0 Å². The lowest BCUT2D eigenvalue weighted by Gasteiger charge is -2.43. The molecule has 0 heterocycles. The molecular weight excluding hydrogens is 186 g/mol. The topological polar surface area (TPSA) is 32.3 Å². The number of nitrogens with one attached hydrogen (secondary N) is 1. The van der Waals surface area contributed by atoms with Gasteiger partial charge in [-0.25, -0.2) is 0 Å². The Bertz CT molecular complexity index is 219. The maximum atomic E-state index is 9.08. The highest BCUT2D eigenvalue weighted by Crippen LogP contribution is 2.49. The Hall–Kier alpha value is -0.0800. The summed E-state index contributed by atoms with van der Waals surface area (Å²) in [6, 6.07) is 0.647. The first-order valence-corrected chi connectivity index (χ1v) is 6.45. The van der Waals surface area contributed by atoms with Crippen molar-refractivity contribution < 1.29 is 5.11 Å². The molecule has 0 aromatic carbocycles. The van der Waals surface area contributed by atoms with Gasteiger partial charge < -0.3 is 10.4 Å². The van der Waals surface area contributed by atoms with Crippen molar-refractivity contribution in [1.82, 2.24) is 5.32 Å². The van der Waals surface area contributed by atoms with Crippen LogP contribution in [0, 0.1) is 10.8 Å². The minimum Gasteiger partial charge on any atom is -0.396 e. The Morgan fingerprint density at radius 3 is 2.33 bits per heavy atom. The van der Waals surface area contributed by atoms with E-state index in [0.29, 0.717) is 23.5 Å². The summed E-state index contributed by atoms with van der Waals surface area (Å²) in [6.45, 7) is 6.17. The van der Waals surface area contributed by atoms with Crippen molar-refractivity contribution in [2.24, 2.45) is 10.8 Å². The number of hydrogen-bond acceptors (Lipinski definition) is 2. The van der Waals surface area contributed by atoms with E-state index in [0.717, 1.165) is 13.0 Å². The largest absolute Gasteiger partial charge is 0.396 e. The zero-order valence-corrected chi connectivity index (χ0v) is 10.2. The minimum absolute atomic E-state index is 0.354. The number of rotatable bonds is 6. The third kappa shape index (κ3) is 2.36. The molecule has 2 aliphatic rings. The molecule has 0 aromatic rings. The number of hydrogen-bond donors (Lipinski definition) is 2. The molecular formula is C13H25NO. The van der Waals surface area contributed by atoms with E-state index in [4.69, 9.17) is 5.11 Å². The lowest BCUT2D eigenvalue weighted by Crippen LogP contribution is -2.45. The van der Waals surface area contributed by atoms with Gasteiger partial charge in [-0.1, -0.05) is 13.3 Å². The Morgan fingerprint density at radius 2 is 1.93 bits per heavy atom. The van der Waals surface area contributed by atoms with Crippen LogP contribution in [0.4, 0.5) is 0 Å². The van der Waals surface area contributed by atoms with Crippen LogP contribution < -0.4 is 5.32 Å². The fourth-order valence-corrected chi connectivity index (χ4v) is 2.68. The smallest absolute Gasteiger partial charge is 0.0436 e. The van der Waals surface area contributed by atoms with Gasteiger partial charge in [0.25, 0.3) is 0 Å². The molecule has 0 aliphatic heterocycles. The van der Waals surface area contributed by atoms with Crippen LogP contribution in [0.1, 0.15) is 52.4 Å². The summed E-state index contributed by atoms with van der Waals surface area (Å²) in [7, 11) is 0. The lowest BCUT2D eigenvalue weighted by molar-refractivity contribution is 0.0801. The van der Waals surface area contributed by atoms with Crippen LogP contribution in [0.3, 0.4) is 0 Å². The van der Waals surface area contributed by atoms with E-state index >= 15 is 0 Å². The van der Waals surface area contributed by atoms with Gasteiger partial charge in [-0.3, -0.25) is 0 Å². The van der Waals surface area contributed by atoms with E-state index in [1.807, 2.05) is 0 Å². The maximum absolute atomic E-state index is 9.08. The van der Waals surface area contributed by atoms with Crippen molar-refractivity contribution in [2.45, 2.75) is 58.4 Å². The number of aliphatic hydroxyl groups is 1. The van der Waals surface area contributed by atoms with E-state index in [2.05, 4.69) is 19.2 Å². The van der Waals surface area contributed by atoms with Gasteiger partial charge in [0.05, 0.1) is 0 Å². The van der Waals surface area contributed by atoms with Crippen molar-refractivity contribution in [3.05, 3.63) is 0 Å². The standard InChI is InChI=1S/C13H25NO/c1-11(12(2)6-7-12)14-10-13(8-9-15)4-3-5-13/h11,14-15H,3-10H2,1-2H3. The van der Waals surface area contributed by atoms with Gasteiger partial charge in [0.2, 0.25) is 0 Å². The molecule has 2 nitrogen and oxygen atoms in total. The summed E-state index contributed by atoms with van der Waals surface area (Å²) >= 11 is 0. The van der Waals surface area contributed by atoms with Gasteiger partial charge in [0.15, 0.2) is 0 Å². The average Bonchev–Trinajstić information content (AvgIpc) is 2.89. The molecule has 0 bridgehead atoms. The van der Waals surface area contributed by atoms with Crippen molar-refractivity contribution in [1.29, 1.82) is 0 Å².